The Morgan fingerprint density at radius 2 is 1.96 bits per heavy atom. The number of amides is 1. The fourth-order valence-electron chi connectivity index (χ4n) is 3.44. The Kier molecular flexibility index (Phi) is 3.63. The van der Waals surface area contributed by atoms with Crippen molar-refractivity contribution >= 4 is 44.9 Å². The summed E-state index contributed by atoms with van der Waals surface area (Å²) in [6.45, 7) is 0. The minimum absolute atomic E-state index is 0.0545. The number of aromatic nitrogens is 1. The highest BCUT2D eigenvalue weighted by Crippen LogP contribution is 2.42. The fraction of sp³-hybridized carbons (Fsp3) is 0.0500. The third-order valence-electron chi connectivity index (χ3n) is 4.57. The molecule has 0 radical (unpaired) electrons. The lowest BCUT2D eigenvalue weighted by molar-refractivity contribution is 0.0971. The van der Waals surface area contributed by atoms with Gasteiger partial charge in [0, 0.05) is 16.6 Å². The second-order valence-electron chi connectivity index (χ2n) is 6.12. The van der Waals surface area contributed by atoms with Crippen molar-refractivity contribution in [2.45, 2.75) is 6.04 Å². The van der Waals surface area contributed by atoms with Crippen LogP contribution in [0.2, 0.25) is 5.02 Å². The van der Waals surface area contributed by atoms with E-state index < -0.39 is 6.04 Å². The molecule has 1 amide bonds. The number of thiazole rings is 1. The van der Waals surface area contributed by atoms with E-state index in [1.54, 1.807) is 54.0 Å². The second kappa shape index (κ2) is 6.04. The van der Waals surface area contributed by atoms with E-state index in [1.807, 2.05) is 6.07 Å². The van der Waals surface area contributed by atoms with Gasteiger partial charge < -0.3 is 4.42 Å². The van der Waals surface area contributed by atoms with Crippen LogP contribution in [0.4, 0.5) is 5.13 Å². The van der Waals surface area contributed by atoms with Gasteiger partial charge in [-0.25, -0.2) is 4.98 Å². The number of nitrogens with zero attached hydrogens (tertiary/aromatic N) is 2. The van der Waals surface area contributed by atoms with E-state index in [0.29, 0.717) is 26.7 Å². The quantitative estimate of drug-likeness (QED) is 0.496. The zero-order valence-electron chi connectivity index (χ0n) is 13.8. The average molecular weight is 395 g/mol. The molecule has 0 spiro atoms. The van der Waals surface area contributed by atoms with Gasteiger partial charge in [0.15, 0.2) is 10.6 Å². The highest BCUT2D eigenvalue weighted by Gasteiger charge is 2.44. The molecule has 0 fully saturated rings. The monoisotopic (exact) mass is 394 g/mol. The summed E-state index contributed by atoms with van der Waals surface area (Å²) >= 11 is 7.50. The number of halogens is 1. The Balaban J connectivity index is 1.85. The highest BCUT2D eigenvalue weighted by molar-refractivity contribution is 7.13. The van der Waals surface area contributed by atoms with Crippen molar-refractivity contribution in [2.24, 2.45) is 0 Å². The molecule has 0 N–H and O–H groups in total. The van der Waals surface area contributed by atoms with E-state index in [9.17, 15) is 9.59 Å². The molecule has 3 heterocycles. The zero-order valence-corrected chi connectivity index (χ0v) is 15.3. The van der Waals surface area contributed by atoms with Crippen LogP contribution in [0.3, 0.4) is 0 Å². The summed E-state index contributed by atoms with van der Waals surface area (Å²) in [5, 5.41) is 3.25. The molecular weight excluding hydrogens is 384 g/mol. The third-order valence-corrected chi connectivity index (χ3v) is 5.57. The van der Waals surface area contributed by atoms with Crippen LogP contribution in [0.15, 0.2) is 69.3 Å². The van der Waals surface area contributed by atoms with Gasteiger partial charge >= 0.3 is 0 Å². The molecule has 1 atom stereocenters. The number of benzene rings is 2. The van der Waals surface area contributed by atoms with Crippen LogP contribution in [0.1, 0.15) is 27.7 Å². The van der Waals surface area contributed by atoms with Crippen LogP contribution in [0.25, 0.3) is 11.0 Å². The first-order chi connectivity index (χ1) is 13.1. The number of fused-ring (bicyclic) bond motifs is 2. The standard InChI is InChI=1S/C20H11ClN2O3S/c21-12-5-3-4-11(10-12)16-15-17(24)13-6-1-2-7-14(13)26-18(15)19(25)23(16)20-22-8-9-27-20/h1-10,16H. The van der Waals surface area contributed by atoms with Crippen molar-refractivity contribution in [3.63, 3.8) is 0 Å². The van der Waals surface area contributed by atoms with Crippen LogP contribution in [-0.4, -0.2) is 10.9 Å². The van der Waals surface area contributed by atoms with Crippen molar-refractivity contribution in [1.29, 1.82) is 0 Å². The zero-order chi connectivity index (χ0) is 18.5. The van der Waals surface area contributed by atoms with Gasteiger partial charge in [-0.1, -0.05) is 35.9 Å². The summed E-state index contributed by atoms with van der Waals surface area (Å²) in [6, 6.07) is 13.4. The lowest BCUT2D eigenvalue weighted by atomic mass is 9.99. The maximum absolute atomic E-state index is 13.3. The number of anilines is 1. The molecule has 132 valence electrons. The number of hydrogen-bond acceptors (Lipinski definition) is 5. The molecule has 2 aromatic heterocycles. The molecule has 5 rings (SSSR count). The van der Waals surface area contributed by atoms with Gasteiger partial charge in [-0.15, -0.1) is 11.3 Å². The van der Waals surface area contributed by atoms with Crippen LogP contribution in [-0.2, 0) is 0 Å². The Morgan fingerprint density at radius 3 is 2.74 bits per heavy atom. The van der Waals surface area contributed by atoms with Crippen molar-refractivity contribution < 1.29 is 9.21 Å². The van der Waals surface area contributed by atoms with Gasteiger partial charge in [0.2, 0.25) is 5.76 Å². The van der Waals surface area contributed by atoms with Crippen molar-refractivity contribution in [1.82, 2.24) is 4.98 Å². The molecule has 7 heteroatoms. The molecular formula is C20H11ClN2O3S. The molecule has 5 nitrogen and oxygen atoms in total. The maximum Gasteiger partial charge on any atom is 0.297 e. The number of carbonyl (C=O) groups is 1. The predicted molar refractivity (Wildman–Crippen MR) is 105 cm³/mol. The highest BCUT2D eigenvalue weighted by atomic mass is 35.5. The van der Waals surface area contributed by atoms with E-state index in [4.69, 9.17) is 16.0 Å². The maximum atomic E-state index is 13.3. The summed E-state index contributed by atoms with van der Waals surface area (Å²) in [5.41, 5.74) is 1.22. The van der Waals surface area contributed by atoms with Gasteiger partial charge in [0.05, 0.1) is 17.0 Å². The van der Waals surface area contributed by atoms with Crippen molar-refractivity contribution in [3.05, 3.63) is 92.2 Å². The SMILES string of the molecule is O=C1c2oc3ccccc3c(=O)c2C(c2cccc(Cl)c2)N1c1nccs1. The van der Waals surface area contributed by atoms with Crippen LogP contribution in [0.5, 0.6) is 0 Å². The van der Waals surface area contributed by atoms with E-state index >= 15 is 0 Å². The molecule has 1 aliphatic rings. The van der Waals surface area contributed by atoms with E-state index in [1.165, 1.54) is 16.2 Å². The first-order valence-electron chi connectivity index (χ1n) is 8.19. The molecule has 0 aliphatic carbocycles. The number of para-hydroxylation sites is 1. The first kappa shape index (κ1) is 16.2. The molecule has 2 aromatic carbocycles. The molecule has 0 saturated heterocycles. The van der Waals surface area contributed by atoms with Crippen molar-refractivity contribution in [2.75, 3.05) is 4.90 Å². The fourth-order valence-corrected chi connectivity index (χ4v) is 4.31. The summed E-state index contributed by atoms with van der Waals surface area (Å²) in [4.78, 5) is 32.2. The summed E-state index contributed by atoms with van der Waals surface area (Å²) in [7, 11) is 0. The smallest absolute Gasteiger partial charge is 0.297 e. The van der Waals surface area contributed by atoms with Gasteiger partial charge in [-0.05, 0) is 29.8 Å². The lowest BCUT2D eigenvalue weighted by Crippen LogP contribution is -2.29. The molecule has 0 bridgehead atoms. The number of rotatable bonds is 2. The first-order valence-corrected chi connectivity index (χ1v) is 9.45. The Labute approximate surface area is 162 Å². The molecule has 4 aromatic rings. The van der Waals surface area contributed by atoms with Gasteiger partial charge in [0.1, 0.15) is 5.58 Å². The minimum Gasteiger partial charge on any atom is -0.450 e. The van der Waals surface area contributed by atoms with Crippen molar-refractivity contribution in [3.8, 4) is 0 Å². The van der Waals surface area contributed by atoms with Gasteiger partial charge in [0.25, 0.3) is 5.91 Å². The average Bonchev–Trinajstić information content (AvgIpc) is 3.29. The molecule has 27 heavy (non-hydrogen) atoms. The van der Waals surface area contributed by atoms with Gasteiger partial charge in [-0.2, -0.15) is 0 Å². The number of carbonyl (C=O) groups excluding carboxylic acids is 1. The topological polar surface area (TPSA) is 63.4 Å². The van der Waals surface area contributed by atoms with E-state index in [2.05, 4.69) is 4.98 Å². The second-order valence-corrected chi connectivity index (χ2v) is 7.43. The third kappa shape index (κ3) is 2.41. The van der Waals surface area contributed by atoms with E-state index in [-0.39, 0.29) is 17.1 Å². The normalized spacial score (nSPS) is 16.1. The molecule has 0 saturated carbocycles. The van der Waals surface area contributed by atoms with E-state index in [0.717, 1.165) is 5.56 Å². The van der Waals surface area contributed by atoms with Crippen LogP contribution >= 0.6 is 22.9 Å². The Hall–Kier alpha value is -2.96. The largest absolute Gasteiger partial charge is 0.450 e. The van der Waals surface area contributed by atoms with Gasteiger partial charge in [-0.3, -0.25) is 14.5 Å². The molecule has 1 aliphatic heterocycles. The number of hydrogen-bond donors (Lipinski definition) is 0. The Morgan fingerprint density at radius 1 is 1.11 bits per heavy atom. The summed E-state index contributed by atoms with van der Waals surface area (Å²) in [5.74, 6) is -0.327. The Bertz CT molecular complexity index is 1250. The molecule has 1 unspecified atom stereocenters. The summed E-state index contributed by atoms with van der Waals surface area (Å²) in [6.07, 6.45) is 1.62. The van der Waals surface area contributed by atoms with Crippen LogP contribution < -0.4 is 10.3 Å². The minimum atomic E-state index is -0.641. The predicted octanol–water partition coefficient (Wildman–Crippen LogP) is 4.65. The summed E-state index contributed by atoms with van der Waals surface area (Å²) < 4.78 is 5.86. The van der Waals surface area contributed by atoms with Crippen LogP contribution in [0, 0.1) is 0 Å². The lowest BCUT2D eigenvalue weighted by Gasteiger charge is -2.22.